The van der Waals surface area contributed by atoms with Crippen molar-refractivity contribution in [3.05, 3.63) is 65.2 Å². The minimum absolute atomic E-state index is 0. The first-order valence-corrected chi connectivity index (χ1v) is 10.4. The highest BCUT2D eigenvalue weighted by Gasteiger charge is 2.21. The van der Waals surface area contributed by atoms with Crippen molar-refractivity contribution in [3.8, 4) is 0 Å². The average molecular weight is 467 g/mol. The molecule has 0 radical (unpaired) electrons. The number of likely N-dealkylation sites (N-methyl/N-ethyl adjacent to an activating group) is 1. The number of rotatable bonds is 7. The van der Waals surface area contributed by atoms with Gasteiger partial charge in [-0.3, -0.25) is 4.79 Å². The lowest BCUT2D eigenvalue weighted by atomic mass is 9.97. The monoisotopic (exact) mass is 466 g/mol. The summed E-state index contributed by atoms with van der Waals surface area (Å²) in [6.45, 7) is 4.95. The molecular weight excluding hydrogens is 438 g/mol. The molecule has 2 N–H and O–H groups in total. The van der Waals surface area contributed by atoms with Gasteiger partial charge in [0.2, 0.25) is 0 Å². The molecule has 2 heterocycles. The summed E-state index contributed by atoms with van der Waals surface area (Å²) in [4.78, 5) is 22.6. The molecule has 168 valence electrons. The zero-order valence-corrected chi connectivity index (χ0v) is 19.2. The summed E-state index contributed by atoms with van der Waals surface area (Å²) in [5.41, 5.74) is 3.09. The van der Waals surface area contributed by atoms with Crippen molar-refractivity contribution in [2.45, 2.75) is 26.2 Å². The van der Waals surface area contributed by atoms with Crippen LogP contribution in [0.3, 0.4) is 0 Å². The molecule has 0 spiro atoms. The minimum atomic E-state index is -0.453. The second-order valence-corrected chi connectivity index (χ2v) is 7.71. The van der Waals surface area contributed by atoms with E-state index in [1.54, 1.807) is 17.0 Å². The smallest absolute Gasteiger partial charge is 0.256 e. The highest BCUT2D eigenvalue weighted by Crippen LogP contribution is 2.19. The normalized spacial score (nSPS) is 15.4. The molecule has 1 aliphatic rings. The van der Waals surface area contributed by atoms with Gasteiger partial charge in [-0.2, -0.15) is 0 Å². The number of imidazole rings is 1. The molecule has 4 rings (SSSR count). The van der Waals surface area contributed by atoms with Crippen molar-refractivity contribution >= 4 is 41.8 Å². The van der Waals surface area contributed by atoms with Gasteiger partial charge >= 0.3 is 0 Å². The lowest BCUT2D eigenvalue weighted by molar-refractivity contribution is 0.0760. The Morgan fingerprint density at radius 1 is 1.23 bits per heavy atom. The fraction of sp³-hybridized carbons (Fsp3) is 0.391. The fourth-order valence-electron chi connectivity index (χ4n) is 4.02. The molecule has 3 aromatic rings. The maximum Gasteiger partial charge on any atom is 0.256 e. The van der Waals surface area contributed by atoms with E-state index in [0.717, 1.165) is 48.4 Å². The van der Waals surface area contributed by atoms with E-state index in [4.69, 9.17) is 0 Å². The zero-order chi connectivity index (χ0) is 20.2. The predicted octanol–water partition coefficient (Wildman–Crippen LogP) is 4.40. The molecule has 1 fully saturated rings. The van der Waals surface area contributed by atoms with Crippen LogP contribution in [0.2, 0.25) is 0 Å². The number of amides is 1. The van der Waals surface area contributed by atoms with Gasteiger partial charge in [-0.05, 0) is 68.6 Å². The third-order valence-electron chi connectivity index (χ3n) is 5.67. The third kappa shape index (κ3) is 5.97. The summed E-state index contributed by atoms with van der Waals surface area (Å²) >= 11 is 0. The second kappa shape index (κ2) is 11.5. The van der Waals surface area contributed by atoms with E-state index in [1.807, 2.05) is 31.2 Å². The van der Waals surface area contributed by atoms with Crippen LogP contribution >= 0.6 is 24.8 Å². The highest BCUT2D eigenvalue weighted by atomic mass is 35.5. The number of nitrogens with zero attached hydrogens (tertiary/aromatic N) is 2. The summed E-state index contributed by atoms with van der Waals surface area (Å²) < 4.78 is 14.5. The second-order valence-electron chi connectivity index (χ2n) is 7.71. The summed E-state index contributed by atoms with van der Waals surface area (Å²) in [7, 11) is 0. The largest absolute Gasteiger partial charge is 0.342 e. The Labute approximate surface area is 194 Å². The van der Waals surface area contributed by atoms with Gasteiger partial charge < -0.3 is 15.2 Å². The molecular formula is C23H29Cl2FN4O. The topological polar surface area (TPSA) is 61.0 Å². The Morgan fingerprint density at radius 2 is 2.03 bits per heavy atom. The van der Waals surface area contributed by atoms with Gasteiger partial charge in [0, 0.05) is 19.5 Å². The first-order chi connectivity index (χ1) is 14.1. The van der Waals surface area contributed by atoms with Crippen LogP contribution in [0.1, 0.15) is 35.1 Å². The molecule has 1 unspecified atom stereocenters. The molecule has 1 aromatic heterocycles. The van der Waals surface area contributed by atoms with Gasteiger partial charge in [0.25, 0.3) is 5.91 Å². The number of H-pyrrole nitrogens is 1. The summed E-state index contributed by atoms with van der Waals surface area (Å²) in [6, 6.07) is 12.8. The van der Waals surface area contributed by atoms with Crippen molar-refractivity contribution in [1.29, 1.82) is 0 Å². The fourth-order valence-corrected chi connectivity index (χ4v) is 4.02. The zero-order valence-electron chi connectivity index (χ0n) is 17.6. The van der Waals surface area contributed by atoms with E-state index in [-0.39, 0.29) is 36.3 Å². The number of benzene rings is 2. The number of carbonyl (C=O) groups is 1. The number of nitrogens with one attached hydrogen (secondary N) is 2. The molecule has 31 heavy (non-hydrogen) atoms. The molecule has 1 saturated heterocycles. The summed E-state index contributed by atoms with van der Waals surface area (Å²) in [5.74, 6) is 0.678. The van der Waals surface area contributed by atoms with Crippen LogP contribution in [0.15, 0.2) is 42.5 Å². The van der Waals surface area contributed by atoms with E-state index in [1.165, 1.54) is 6.07 Å². The van der Waals surface area contributed by atoms with Gasteiger partial charge in [-0.15, -0.1) is 24.8 Å². The van der Waals surface area contributed by atoms with Crippen LogP contribution in [0, 0.1) is 11.7 Å². The number of para-hydroxylation sites is 2. The average Bonchev–Trinajstić information content (AvgIpc) is 3.39. The van der Waals surface area contributed by atoms with Crippen LogP contribution in [0.25, 0.3) is 11.0 Å². The highest BCUT2D eigenvalue weighted by molar-refractivity contribution is 5.94. The standard InChI is InChI=1S/C23H27FN4O.2ClH/c1-2-28(12-10-22-26-20-5-3-4-6-21(20)27-22)23(29)18-14-16(7-8-19(18)24)13-17-9-11-25-15-17;;/h3-8,14,17,25H,2,9-13,15H2,1H3,(H,26,27);2*1H. The summed E-state index contributed by atoms with van der Waals surface area (Å²) in [5, 5.41) is 3.35. The Balaban J connectivity index is 0.00000171. The molecule has 1 atom stereocenters. The van der Waals surface area contributed by atoms with E-state index in [9.17, 15) is 9.18 Å². The van der Waals surface area contributed by atoms with Gasteiger partial charge in [-0.25, -0.2) is 9.37 Å². The number of carbonyl (C=O) groups excluding carboxylic acids is 1. The van der Waals surface area contributed by atoms with Crippen molar-refractivity contribution in [2.24, 2.45) is 5.92 Å². The molecule has 0 bridgehead atoms. The number of fused-ring (bicyclic) bond motifs is 1. The van der Waals surface area contributed by atoms with Crippen LogP contribution < -0.4 is 5.32 Å². The van der Waals surface area contributed by atoms with Crippen molar-refractivity contribution in [3.63, 3.8) is 0 Å². The first kappa shape index (κ1) is 25.1. The van der Waals surface area contributed by atoms with Crippen molar-refractivity contribution in [2.75, 3.05) is 26.2 Å². The first-order valence-electron chi connectivity index (χ1n) is 10.4. The number of halogens is 3. The lowest BCUT2D eigenvalue weighted by Crippen LogP contribution is -2.33. The third-order valence-corrected chi connectivity index (χ3v) is 5.67. The van der Waals surface area contributed by atoms with E-state index in [0.29, 0.717) is 25.4 Å². The molecule has 0 saturated carbocycles. The minimum Gasteiger partial charge on any atom is -0.342 e. The van der Waals surface area contributed by atoms with Crippen LogP contribution in [-0.4, -0.2) is 47.0 Å². The SMILES string of the molecule is CCN(CCc1nc2ccccc2[nH]1)C(=O)c1cc(CC2CCNC2)ccc1F.Cl.Cl. The van der Waals surface area contributed by atoms with Gasteiger partial charge in [-0.1, -0.05) is 18.2 Å². The summed E-state index contributed by atoms with van der Waals surface area (Å²) in [6.07, 6.45) is 2.60. The Kier molecular flexibility index (Phi) is 9.29. The molecule has 0 aliphatic carbocycles. The van der Waals surface area contributed by atoms with Crippen LogP contribution in [-0.2, 0) is 12.8 Å². The van der Waals surface area contributed by atoms with E-state index < -0.39 is 5.82 Å². The predicted molar refractivity (Wildman–Crippen MR) is 127 cm³/mol. The molecule has 2 aromatic carbocycles. The lowest BCUT2D eigenvalue weighted by Gasteiger charge is -2.21. The molecule has 5 nitrogen and oxygen atoms in total. The number of aromatic nitrogens is 2. The van der Waals surface area contributed by atoms with Gasteiger partial charge in [0.15, 0.2) is 0 Å². The number of hydrogen-bond acceptors (Lipinski definition) is 3. The Bertz CT molecular complexity index is 971. The van der Waals surface area contributed by atoms with Crippen LogP contribution in [0.5, 0.6) is 0 Å². The van der Waals surface area contributed by atoms with Gasteiger partial charge in [0.05, 0.1) is 16.6 Å². The molecule has 1 aliphatic heterocycles. The van der Waals surface area contributed by atoms with E-state index >= 15 is 0 Å². The molecule has 8 heteroatoms. The quantitative estimate of drug-likeness (QED) is 0.542. The number of hydrogen-bond donors (Lipinski definition) is 2. The van der Waals surface area contributed by atoms with Crippen molar-refractivity contribution in [1.82, 2.24) is 20.2 Å². The molecule has 1 amide bonds. The maximum atomic E-state index is 14.5. The van der Waals surface area contributed by atoms with Gasteiger partial charge in [0.1, 0.15) is 11.6 Å². The van der Waals surface area contributed by atoms with Crippen molar-refractivity contribution < 1.29 is 9.18 Å². The Hall–Kier alpha value is -2.15. The Morgan fingerprint density at radius 3 is 2.74 bits per heavy atom. The number of aromatic amines is 1. The van der Waals surface area contributed by atoms with E-state index in [2.05, 4.69) is 15.3 Å². The van der Waals surface area contributed by atoms with Crippen LogP contribution in [0.4, 0.5) is 4.39 Å². The maximum absolute atomic E-state index is 14.5.